The molecule has 1 aromatic heterocycles. The van der Waals surface area contributed by atoms with E-state index >= 15 is 0 Å². The number of halogens is 1. The number of nitrogens with one attached hydrogen (secondary N) is 2. The van der Waals surface area contributed by atoms with Gasteiger partial charge in [0.05, 0.1) is 5.39 Å². The average Bonchev–Trinajstić information content (AvgIpc) is 3.08. The van der Waals surface area contributed by atoms with Gasteiger partial charge in [-0.05, 0) is 37.3 Å². The third-order valence-electron chi connectivity index (χ3n) is 4.69. The van der Waals surface area contributed by atoms with Crippen LogP contribution in [0.5, 0.6) is 0 Å². The minimum Gasteiger partial charge on any atom is -0.348 e. The van der Waals surface area contributed by atoms with Gasteiger partial charge in [-0.15, -0.1) is 0 Å². The van der Waals surface area contributed by atoms with Crippen molar-refractivity contribution < 1.29 is 9.18 Å². The zero-order valence-electron chi connectivity index (χ0n) is 13.1. The Labute approximate surface area is 133 Å². The van der Waals surface area contributed by atoms with Gasteiger partial charge in [-0.2, -0.15) is 5.10 Å². The fraction of sp³-hybridized carbons (Fsp3) is 0.471. The van der Waals surface area contributed by atoms with E-state index < -0.39 is 17.2 Å². The van der Waals surface area contributed by atoms with Gasteiger partial charge in [0.1, 0.15) is 11.3 Å². The van der Waals surface area contributed by atoms with Gasteiger partial charge in [-0.25, -0.2) is 4.39 Å². The summed E-state index contributed by atoms with van der Waals surface area (Å²) < 4.78 is 13.7. The molecule has 2 N–H and O–H groups in total. The van der Waals surface area contributed by atoms with Gasteiger partial charge < -0.3 is 5.32 Å². The third-order valence-corrected chi connectivity index (χ3v) is 4.69. The summed E-state index contributed by atoms with van der Waals surface area (Å²) in [6, 6.07) is 4.23. The van der Waals surface area contributed by atoms with E-state index in [4.69, 9.17) is 0 Å². The summed E-state index contributed by atoms with van der Waals surface area (Å²) >= 11 is 0. The number of carbonyl (C=O) groups excluding carboxylic acids is 1. The molecule has 1 heterocycles. The fourth-order valence-electron chi connectivity index (χ4n) is 3.42. The Bertz CT molecular complexity index is 781. The van der Waals surface area contributed by atoms with Crippen LogP contribution in [-0.2, 0) is 0 Å². The number of nitrogens with zero attached hydrogens (tertiary/aromatic N) is 1. The van der Waals surface area contributed by atoms with Gasteiger partial charge in [0.25, 0.3) is 5.91 Å². The Balaban J connectivity index is 1.89. The highest BCUT2D eigenvalue weighted by atomic mass is 19.1. The van der Waals surface area contributed by atoms with Crippen LogP contribution < -0.4 is 10.7 Å². The van der Waals surface area contributed by atoms with E-state index in [0.29, 0.717) is 5.92 Å². The van der Waals surface area contributed by atoms with Crippen molar-refractivity contribution in [3.8, 4) is 0 Å². The fourth-order valence-corrected chi connectivity index (χ4v) is 3.42. The van der Waals surface area contributed by atoms with Crippen LogP contribution in [0, 0.1) is 11.7 Å². The van der Waals surface area contributed by atoms with E-state index in [0.717, 1.165) is 19.3 Å². The molecule has 3 rings (SSSR count). The summed E-state index contributed by atoms with van der Waals surface area (Å²) in [5.41, 5.74) is -0.728. The second-order valence-electron chi connectivity index (χ2n) is 6.10. The number of H-pyrrole nitrogens is 1. The lowest BCUT2D eigenvalue weighted by Gasteiger charge is -2.22. The van der Waals surface area contributed by atoms with Crippen molar-refractivity contribution in [3.05, 3.63) is 39.9 Å². The van der Waals surface area contributed by atoms with E-state index in [9.17, 15) is 14.0 Å². The van der Waals surface area contributed by atoms with Crippen molar-refractivity contribution in [1.82, 2.24) is 15.5 Å². The number of benzene rings is 1. The number of para-hydroxylation sites is 1. The maximum absolute atomic E-state index is 13.7. The number of fused-ring (bicyclic) bond motifs is 1. The number of carbonyl (C=O) groups is 1. The van der Waals surface area contributed by atoms with Gasteiger partial charge in [0.15, 0.2) is 5.69 Å². The minimum atomic E-state index is -0.559. The largest absolute Gasteiger partial charge is 0.348 e. The van der Waals surface area contributed by atoms with Crippen molar-refractivity contribution in [2.45, 2.75) is 45.1 Å². The normalized spacial score (nSPS) is 16.6. The molecule has 0 radical (unpaired) electrons. The van der Waals surface area contributed by atoms with Crippen molar-refractivity contribution >= 4 is 16.8 Å². The van der Waals surface area contributed by atoms with Crippen molar-refractivity contribution in [2.75, 3.05) is 0 Å². The zero-order chi connectivity index (χ0) is 16.4. The molecular weight excluding hydrogens is 297 g/mol. The van der Waals surface area contributed by atoms with Crippen LogP contribution in [-0.4, -0.2) is 22.1 Å². The standard InChI is InChI=1S/C17H20FN3O2/c1-2-13(10-6-3-4-7-10)19-17(23)15-16(22)11-8-5-9-12(18)14(11)20-21-15/h5,8-10,13H,2-4,6-7H2,1H3,(H,19,23)(H,20,22). The third kappa shape index (κ3) is 2.98. The number of hydrogen-bond donors (Lipinski definition) is 2. The summed E-state index contributed by atoms with van der Waals surface area (Å²) in [7, 11) is 0. The molecule has 1 amide bonds. The first kappa shape index (κ1) is 15.6. The van der Waals surface area contributed by atoms with E-state index in [2.05, 4.69) is 15.5 Å². The summed E-state index contributed by atoms with van der Waals surface area (Å²) in [6.07, 6.45) is 5.39. The molecular formula is C17H20FN3O2. The molecule has 1 aliphatic carbocycles. The Morgan fingerprint density at radius 3 is 2.87 bits per heavy atom. The summed E-state index contributed by atoms with van der Waals surface area (Å²) in [4.78, 5) is 24.8. The Hall–Kier alpha value is -2.24. The summed E-state index contributed by atoms with van der Waals surface area (Å²) in [5.74, 6) is -0.589. The van der Waals surface area contributed by atoms with Crippen molar-refractivity contribution in [2.24, 2.45) is 5.92 Å². The summed E-state index contributed by atoms with van der Waals surface area (Å²) in [6.45, 7) is 2.02. The smallest absolute Gasteiger partial charge is 0.276 e. The minimum absolute atomic E-state index is 0.0249. The van der Waals surface area contributed by atoms with Crippen LogP contribution in [0.4, 0.5) is 4.39 Å². The molecule has 2 aromatic rings. The highest BCUT2D eigenvalue weighted by molar-refractivity contribution is 5.95. The predicted molar refractivity (Wildman–Crippen MR) is 85.8 cm³/mol. The lowest BCUT2D eigenvalue weighted by molar-refractivity contribution is 0.0913. The van der Waals surface area contributed by atoms with Crippen LogP contribution in [0.3, 0.4) is 0 Å². The van der Waals surface area contributed by atoms with Crippen LogP contribution in [0.1, 0.15) is 49.5 Å². The molecule has 0 saturated heterocycles. The van der Waals surface area contributed by atoms with Crippen LogP contribution in [0.2, 0.25) is 0 Å². The molecule has 1 atom stereocenters. The molecule has 1 fully saturated rings. The molecule has 5 nitrogen and oxygen atoms in total. The first-order valence-electron chi connectivity index (χ1n) is 8.09. The molecule has 0 bridgehead atoms. The van der Waals surface area contributed by atoms with E-state index in [-0.39, 0.29) is 22.6 Å². The second kappa shape index (κ2) is 6.48. The average molecular weight is 317 g/mol. The first-order valence-corrected chi connectivity index (χ1v) is 8.09. The topological polar surface area (TPSA) is 74.8 Å². The molecule has 122 valence electrons. The maximum atomic E-state index is 13.7. The van der Waals surface area contributed by atoms with Crippen LogP contribution in [0.15, 0.2) is 23.0 Å². The number of amides is 1. The molecule has 23 heavy (non-hydrogen) atoms. The van der Waals surface area contributed by atoms with Gasteiger partial charge in [-0.1, -0.05) is 25.8 Å². The van der Waals surface area contributed by atoms with Gasteiger partial charge in [0.2, 0.25) is 5.43 Å². The van der Waals surface area contributed by atoms with E-state index in [1.807, 2.05) is 6.92 Å². The van der Waals surface area contributed by atoms with Gasteiger partial charge >= 0.3 is 0 Å². The summed E-state index contributed by atoms with van der Waals surface area (Å²) in [5, 5.41) is 9.34. The number of aromatic amines is 1. The lowest BCUT2D eigenvalue weighted by atomic mass is 9.96. The van der Waals surface area contributed by atoms with E-state index in [1.54, 1.807) is 0 Å². The quantitative estimate of drug-likeness (QED) is 0.910. The Kier molecular flexibility index (Phi) is 4.41. The number of aromatic nitrogens is 2. The molecule has 1 saturated carbocycles. The second-order valence-corrected chi connectivity index (χ2v) is 6.10. The van der Waals surface area contributed by atoms with Crippen LogP contribution in [0.25, 0.3) is 10.9 Å². The number of hydrogen-bond acceptors (Lipinski definition) is 3. The monoisotopic (exact) mass is 317 g/mol. The highest BCUT2D eigenvalue weighted by Crippen LogP contribution is 2.29. The molecule has 1 unspecified atom stereocenters. The molecule has 6 heteroatoms. The SMILES string of the molecule is CCC(NC(=O)c1n[nH]c2c(F)cccc2c1=O)C1CCCC1. The molecule has 1 aliphatic rings. The van der Waals surface area contributed by atoms with Crippen molar-refractivity contribution in [1.29, 1.82) is 0 Å². The highest BCUT2D eigenvalue weighted by Gasteiger charge is 2.26. The molecule has 1 aromatic carbocycles. The predicted octanol–water partition coefficient (Wildman–Crippen LogP) is 2.76. The van der Waals surface area contributed by atoms with Crippen LogP contribution >= 0.6 is 0 Å². The van der Waals surface area contributed by atoms with E-state index in [1.165, 1.54) is 31.0 Å². The number of rotatable bonds is 4. The van der Waals surface area contributed by atoms with Crippen molar-refractivity contribution in [3.63, 3.8) is 0 Å². The van der Waals surface area contributed by atoms with Gasteiger partial charge in [0, 0.05) is 6.04 Å². The zero-order valence-corrected chi connectivity index (χ0v) is 13.1. The Morgan fingerprint density at radius 1 is 1.43 bits per heavy atom. The Morgan fingerprint density at radius 2 is 2.17 bits per heavy atom. The molecule has 0 spiro atoms. The molecule has 0 aliphatic heterocycles. The lowest BCUT2D eigenvalue weighted by Crippen LogP contribution is -2.41. The van der Waals surface area contributed by atoms with Gasteiger partial charge in [-0.3, -0.25) is 14.7 Å². The first-order chi connectivity index (χ1) is 11.1. The maximum Gasteiger partial charge on any atom is 0.276 e.